The standard InChI is InChI=1S/C8H10BClO2/c1-5-3-7(10)4-6(2)8(5)9(11)12/h3-4,11-12H,1-2H3. The Hall–Kier alpha value is -0.505. The molecule has 0 aliphatic rings. The summed E-state index contributed by atoms with van der Waals surface area (Å²) in [6.45, 7) is 3.60. The third-order valence-electron chi connectivity index (χ3n) is 1.82. The van der Waals surface area contributed by atoms with Gasteiger partial charge in [-0.15, -0.1) is 0 Å². The van der Waals surface area contributed by atoms with Crippen LogP contribution in [0.2, 0.25) is 5.02 Å². The largest absolute Gasteiger partial charge is 0.488 e. The van der Waals surface area contributed by atoms with Gasteiger partial charge in [0.2, 0.25) is 0 Å². The van der Waals surface area contributed by atoms with Crippen LogP contribution in [0.15, 0.2) is 12.1 Å². The quantitative estimate of drug-likeness (QED) is 0.629. The topological polar surface area (TPSA) is 40.5 Å². The zero-order valence-corrected chi connectivity index (χ0v) is 7.76. The molecule has 0 atom stereocenters. The van der Waals surface area contributed by atoms with Crippen molar-refractivity contribution in [1.29, 1.82) is 0 Å². The molecule has 64 valence electrons. The lowest BCUT2D eigenvalue weighted by Crippen LogP contribution is -2.34. The fraction of sp³-hybridized carbons (Fsp3) is 0.250. The number of rotatable bonds is 1. The number of benzene rings is 1. The highest BCUT2D eigenvalue weighted by atomic mass is 35.5. The van der Waals surface area contributed by atoms with Crippen molar-refractivity contribution >= 4 is 24.2 Å². The molecular formula is C8H10BClO2. The molecule has 1 aromatic carbocycles. The zero-order valence-electron chi connectivity index (χ0n) is 7.00. The Balaban J connectivity index is 3.28. The lowest BCUT2D eigenvalue weighted by atomic mass is 9.74. The van der Waals surface area contributed by atoms with Crippen LogP contribution < -0.4 is 5.46 Å². The van der Waals surface area contributed by atoms with E-state index in [2.05, 4.69) is 0 Å². The molecule has 0 aliphatic carbocycles. The molecule has 12 heavy (non-hydrogen) atoms. The molecule has 0 fully saturated rings. The molecule has 0 amide bonds. The molecule has 0 bridgehead atoms. The summed E-state index contributed by atoms with van der Waals surface area (Å²) in [5.74, 6) is 0. The predicted octanol–water partition coefficient (Wildman–Crippen LogP) is 0.637. The van der Waals surface area contributed by atoms with Crippen molar-refractivity contribution in [1.82, 2.24) is 0 Å². The van der Waals surface area contributed by atoms with Crippen LogP contribution in [-0.2, 0) is 0 Å². The average molecular weight is 184 g/mol. The third kappa shape index (κ3) is 1.80. The highest BCUT2D eigenvalue weighted by Crippen LogP contribution is 2.12. The van der Waals surface area contributed by atoms with Gasteiger partial charge < -0.3 is 10.0 Å². The molecule has 0 saturated carbocycles. The van der Waals surface area contributed by atoms with Gasteiger partial charge in [-0.3, -0.25) is 0 Å². The maximum absolute atomic E-state index is 8.99. The molecule has 0 aromatic heterocycles. The van der Waals surface area contributed by atoms with Gasteiger partial charge in [-0.05, 0) is 42.6 Å². The monoisotopic (exact) mass is 184 g/mol. The van der Waals surface area contributed by atoms with Gasteiger partial charge in [0.05, 0.1) is 0 Å². The van der Waals surface area contributed by atoms with E-state index in [9.17, 15) is 0 Å². The lowest BCUT2D eigenvalue weighted by Gasteiger charge is -2.08. The molecule has 0 spiro atoms. The second-order valence-electron chi connectivity index (χ2n) is 2.83. The summed E-state index contributed by atoms with van der Waals surface area (Å²) in [7, 11) is -1.41. The first-order valence-corrected chi connectivity index (χ1v) is 4.03. The summed E-state index contributed by atoms with van der Waals surface area (Å²) in [5, 5.41) is 18.6. The predicted molar refractivity (Wildman–Crippen MR) is 50.8 cm³/mol. The summed E-state index contributed by atoms with van der Waals surface area (Å²) < 4.78 is 0. The summed E-state index contributed by atoms with van der Waals surface area (Å²) in [6.07, 6.45) is 0. The first-order valence-electron chi connectivity index (χ1n) is 3.65. The van der Waals surface area contributed by atoms with Crippen LogP contribution in [0.5, 0.6) is 0 Å². The highest BCUT2D eigenvalue weighted by Gasteiger charge is 2.16. The van der Waals surface area contributed by atoms with E-state index < -0.39 is 7.12 Å². The summed E-state index contributed by atoms with van der Waals surface area (Å²) in [4.78, 5) is 0. The van der Waals surface area contributed by atoms with Crippen molar-refractivity contribution < 1.29 is 10.0 Å². The second-order valence-corrected chi connectivity index (χ2v) is 3.26. The van der Waals surface area contributed by atoms with Gasteiger partial charge in [0, 0.05) is 5.02 Å². The first kappa shape index (κ1) is 9.58. The fourth-order valence-electron chi connectivity index (χ4n) is 1.33. The van der Waals surface area contributed by atoms with Crippen LogP contribution in [0.25, 0.3) is 0 Å². The minimum Gasteiger partial charge on any atom is -0.423 e. The SMILES string of the molecule is Cc1cc(Cl)cc(C)c1B(O)O. The van der Waals surface area contributed by atoms with Gasteiger partial charge in [0.1, 0.15) is 0 Å². The Morgan fingerprint density at radius 1 is 1.17 bits per heavy atom. The Labute approximate surface area is 76.9 Å². The first-order chi connectivity index (χ1) is 5.52. The minimum absolute atomic E-state index is 0.541. The maximum atomic E-state index is 8.99. The Kier molecular flexibility index (Phi) is 2.78. The molecule has 0 heterocycles. The summed E-state index contributed by atoms with van der Waals surface area (Å²) in [6, 6.07) is 3.42. The average Bonchev–Trinajstić information content (AvgIpc) is 1.82. The maximum Gasteiger partial charge on any atom is 0.488 e. The summed E-state index contributed by atoms with van der Waals surface area (Å²) in [5.41, 5.74) is 2.14. The molecular weight excluding hydrogens is 174 g/mol. The number of halogens is 1. The van der Waals surface area contributed by atoms with E-state index in [-0.39, 0.29) is 0 Å². The third-order valence-corrected chi connectivity index (χ3v) is 2.03. The van der Waals surface area contributed by atoms with Crippen molar-refractivity contribution in [2.45, 2.75) is 13.8 Å². The van der Waals surface area contributed by atoms with Crippen LogP contribution in [-0.4, -0.2) is 17.2 Å². The second kappa shape index (κ2) is 3.48. The zero-order chi connectivity index (χ0) is 9.30. The Morgan fingerprint density at radius 3 is 1.92 bits per heavy atom. The van der Waals surface area contributed by atoms with E-state index >= 15 is 0 Å². The molecule has 2 nitrogen and oxygen atoms in total. The van der Waals surface area contributed by atoms with Gasteiger partial charge in [0.15, 0.2) is 0 Å². The van der Waals surface area contributed by atoms with Crippen molar-refractivity contribution in [3.8, 4) is 0 Å². The molecule has 1 rings (SSSR count). The lowest BCUT2D eigenvalue weighted by molar-refractivity contribution is 0.425. The van der Waals surface area contributed by atoms with E-state index in [0.29, 0.717) is 10.5 Å². The van der Waals surface area contributed by atoms with Crippen LogP contribution >= 0.6 is 11.6 Å². The van der Waals surface area contributed by atoms with E-state index in [0.717, 1.165) is 11.1 Å². The van der Waals surface area contributed by atoms with Gasteiger partial charge in [-0.25, -0.2) is 0 Å². The van der Waals surface area contributed by atoms with Crippen LogP contribution in [0.3, 0.4) is 0 Å². The molecule has 2 N–H and O–H groups in total. The van der Waals surface area contributed by atoms with Crippen molar-refractivity contribution in [2.75, 3.05) is 0 Å². The van der Waals surface area contributed by atoms with Gasteiger partial charge in [-0.1, -0.05) is 11.6 Å². The smallest absolute Gasteiger partial charge is 0.423 e. The number of aryl methyl sites for hydroxylation is 2. The van der Waals surface area contributed by atoms with Crippen LogP contribution in [0, 0.1) is 13.8 Å². The van der Waals surface area contributed by atoms with Crippen molar-refractivity contribution in [2.24, 2.45) is 0 Å². The Bertz CT molecular complexity index is 276. The molecule has 0 aliphatic heterocycles. The van der Waals surface area contributed by atoms with Crippen LogP contribution in [0.4, 0.5) is 0 Å². The molecule has 1 aromatic rings. The van der Waals surface area contributed by atoms with Gasteiger partial charge in [0.25, 0.3) is 0 Å². The van der Waals surface area contributed by atoms with E-state index in [1.54, 1.807) is 26.0 Å². The van der Waals surface area contributed by atoms with E-state index in [4.69, 9.17) is 21.6 Å². The number of hydrogen-bond donors (Lipinski definition) is 2. The fourth-order valence-corrected chi connectivity index (χ4v) is 1.66. The Morgan fingerprint density at radius 2 is 1.58 bits per heavy atom. The molecule has 0 unspecified atom stereocenters. The molecule has 0 radical (unpaired) electrons. The molecule has 0 saturated heterocycles. The summed E-state index contributed by atoms with van der Waals surface area (Å²) >= 11 is 5.76. The van der Waals surface area contributed by atoms with Crippen LogP contribution in [0.1, 0.15) is 11.1 Å². The molecule has 4 heteroatoms. The van der Waals surface area contributed by atoms with Gasteiger partial charge in [-0.2, -0.15) is 0 Å². The highest BCUT2D eigenvalue weighted by molar-refractivity contribution is 6.59. The van der Waals surface area contributed by atoms with Crippen molar-refractivity contribution in [3.63, 3.8) is 0 Å². The van der Waals surface area contributed by atoms with Gasteiger partial charge >= 0.3 is 7.12 Å². The van der Waals surface area contributed by atoms with E-state index in [1.165, 1.54) is 0 Å². The van der Waals surface area contributed by atoms with Crippen molar-refractivity contribution in [3.05, 3.63) is 28.3 Å². The minimum atomic E-state index is -1.41. The van der Waals surface area contributed by atoms with E-state index in [1.807, 2.05) is 0 Å². The normalized spacial score (nSPS) is 10.1. The number of hydrogen-bond acceptors (Lipinski definition) is 2.